The Balaban J connectivity index is 2.12. The van der Waals surface area contributed by atoms with Crippen LogP contribution in [0, 0.1) is 19.8 Å². The number of hydrogen-bond donors (Lipinski definition) is 0. The second-order valence-electron chi connectivity index (χ2n) is 5.76. The van der Waals surface area contributed by atoms with Crippen molar-refractivity contribution < 1.29 is 13.9 Å². The number of hydrogen-bond acceptors (Lipinski definition) is 4. The van der Waals surface area contributed by atoms with E-state index >= 15 is 0 Å². The summed E-state index contributed by atoms with van der Waals surface area (Å²) in [4.78, 5) is 22.2. The monoisotopic (exact) mass is 343 g/mol. The smallest absolute Gasteiger partial charge is 0.338 e. The van der Waals surface area contributed by atoms with E-state index in [0.29, 0.717) is 11.1 Å². The maximum atomic E-state index is 13.1. The quantitative estimate of drug-likeness (QED) is 0.346. The summed E-state index contributed by atoms with van der Waals surface area (Å²) in [7, 11) is 1.94. The van der Waals surface area contributed by atoms with Crippen LogP contribution < -0.4 is 0 Å². The topological polar surface area (TPSA) is 54.8 Å². The molecule has 0 atom stereocenters. The highest BCUT2D eigenvalue weighted by molar-refractivity contribution is 5.92. The first-order chi connectivity index (χ1) is 11.9. The Kier molecular flexibility index (Phi) is 6.22. The number of pyridine rings is 1. The van der Waals surface area contributed by atoms with Gasteiger partial charge in [0.25, 0.3) is 0 Å². The third kappa shape index (κ3) is 4.86. The Morgan fingerprint density at radius 1 is 1.32 bits per heavy atom. The summed E-state index contributed by atoms with van der Waals surface area (Å²) in [6.07, 6.45) is 3.10. The van der Waals surface area contributed by atoms with Crippen molar-refractivity contribution in [1.29, 1.82) is 0 Å². The van der Waals surface area contributed by atoms with Crippen LogP contribution >= 0.6 is 0 Å². The molecule has 2 aromatic rings. The Bertz CT molecular complexity index is 790. The van der Waals surface area contributed by atoms with Crippen LogP contribution in [0.2, 0.25) is 0 Å². The summed E-state index contributed by atoms with van der Waals surface area (Å²) >= 11 is 0. The van der Waals surface area contributed by atoms with Crippen molar-refractivity contribution in [2.45, 2.75) is 27.4 Å². The molecule has 0 unspecified atom stereocenters. The number of esters is 1. The minimum Gasteiger partial charge on any atom is -0.457 e. The zero-order valence-corrected chi connectivity index (χ0v) is 14.9. The highest BCUT2D eigenvalue weighted by Crippen LogP contribution is 2.25. The average Bonchev–Trinajstić information content (AvgIpc) is 2.60. The third-order valence-corrected chi connectivity index (χ3v) is 4.03. The molecule has 0 amide bonds. The molecule has 0 aliphatic heterocycles. The number of aliphatic imine (C=N–C) groups is 1. The second-order valence-corrected chi connectivity index (χ2v) is 5.76. The fraction of sp³-hybridized carbons (Fsp3) is 0.316. The summed E-state index contributed by atoms with van der Waals surface area (Å²) in [5.74, 6) is -1.04. The standard InChI is InChI=1S/C19H22FN3O2/c1-5-23(4)12-22-17-7-6-16(13(2)14(17)3)19(24)25-11-15-8-9-21-18(20)10-15/h6-10,12H,5,11H2,1-4H3. The van der Waals surface area contributed by atoms with E-state index < -0.39 is 11.9 Å². The normalized spacial score (nSPS) is 10.9. The van der Waals surface area contributed by atoms with Crippen molar-refractivity contribution in [3.8, 4) is 0 Å². The van der Waals surface area contributed by atoms with E-state index in [1.54, 1.807) is 24.5 Å². The van der Waals surface area contributed by atoms with Crippen LogP contribution in [0.4, 0.5) is 10.1 Å². The molecule has 0 aliphatic carbocycles. The van der Waals surface area contributed by atoms with Crippen molar-refractivity contribution in [3.05, 3.63) is 58.7 Å². The molecule has 1 aromatic heterocycles. The SMILES string of the molecule is CCN(C)C=Nc1ccc(C(=O)OCc2ccnc(F)c2)c(C)c1C. The largest absolute Gasteiger partial charge is 0.457 e. The molecule has 1 aromatic carbocycles. The van der Waals surface area contributed by atoms with Gasteiger partial charge in [0.15, 0.2) is 0 Å². The van der Waals surface area contributed by atoms with Crippen LogP contribution in [0.1, 0.15) is 34.0 Å². The second kappa shape index (κ2) is 8.37. The van der Waals surface area contributed by atoms with Gasteiger partial charge in [-0.05, 0) is 61.7 Å². The zero-order valence-electron chi connectivity index (χ0n) is 14.9. The fourth-order valence-electron chi connectivity index (χ4n) is 2.17. The third-order valence-electron chi connectivity index (χ3n) is 4.03. The van der Waals surface area contributed by atoms with E-state index in [1.165, 1.54) is 12.3 Å². The van der Waals surface area contributed by atoms with Crippen LogP contribution in [0.5, 0.6) is 0 Å². The summed E-state index contributed by atoms with van der Waals surface area (Å²) in [6.45, 7) is 6.68. The van der Waals surface area contributed by atoms with Gasteiger partial charge in [0, 0.05) is 19.8 Å². The number of carbonyl (C=O) groups is 1. The van der Waals surface area contributed by atoms with Crippen molar-refractivity contribution in [2.24, 2.45) is 4.99 Å². The molecule has 0 saturated heterocycles. The molecule has 1 heterocycles. The molecule has 25 heavy (non-hydrogen) atoms. The Hall–Kier alpha value is -2.76. The molecule has 0 saturated carbocycles. The molecule has 5 nitrogen and oxygen atoms in total. The first kappa shape index (κ1) is 18.6. The van der Waals surface area contributed by atoms with Crippen molar-refractivity contribution in [1.82, 2.24) is 9.88 Å². The number of nitrogens with zero attached hydrogens (tertiary/aromatic N) is 3. The van der Waals surface area contributed by atoms with Crippen LogP contribution in [-0.2, 0) is 11.3 Å². The first-order valence-corrected chi connectivity index (χ1v) is 8.04. The Labute approximate surface area is 147 Å². The summed E-state index contributed by atoms with van der Waals surface area (Å²) < 4.78 is 18.3. The fourth-order valence-corrected chi connectivity index (χ4v) is 2.17. The molecule has 6 heteroatoms. The number of ether oxygens (including phenoxy) is 1. The minimum absolute atomic E-state index is 0.00202. The van der Waals surface area contributed by atoms with Gasteiger partial charge in [0.1, 0.15) is 6.61 Å². The lowest BCUT2D eigenvalue weighted by atomic mass is 10.0. The van der Waals surface area contributed by atoms with Crippen molar-refractivity contribution >= 4 is 18.0 Å². The summed E-state index contributed by atoms with van der Waals surface area (Å²) in [6, 6.07) is 6.35. The van der Waals surface area contributed by atoms with Gasteiger partial charge in [-0.1, -0.05) is 0 Å². The molecule has 132 valence electrons. The Morgan fingerprint density at radius 3 is 2.76 bits per heavy atom. The van der Waals surface area contributed by atoms with E-state index in [0.717, 1.165) is 23.4 Å². The highest BCUT2D eigenvalue weighted by Gasteiger charge is 2.14. The van der Waals surface area contributed by atoms with Gasteiger partial charge in [0.2, 0.25) is 5.95 Å². The van der Waals surface area contributed by atoms with Gasteiger partial charge in [-0.2, -0.15) is 4.39 Å². The molecular formula is C19H22FN3O2. The lowest BCUT2D eigenvalue weighted by Crippen LogP contribution is -2.14. The molecular weight excluding hydrogens is 321 g/mol. The molecule has 0 N–H and O–H groups in total. The maximum absolute atomic E-state index is 13.1. The molecule has 0 aliphatic rings. The molecule has 2 rings (SSSR count). The number of carbonyl (C=O) groups excluding carboxylic acids is 1. The van der Waals surface area contributed by atoms with Gasteiger partial charge < -0.3 is 9.64 Å². The maximum Gasteiger partial charge on any atom is 0.338 e. The van der Waals surface area contributed by atoms with Crippen molar-refractivity contribution in [2.75, 3.05) is 13.6 Å². The predicted molar refractivity (Wildman–Crippen MR) is 95.7 cm³/mol. The predicted octanol–water partition coefficient (Wildman–Crippen LogP) is 3.81. The molecule has 0 bridgehead atoms. The number of benzene rings is 1. The zero-order chi connectivity index (χ0) is 18.4. The summed E-state index contributed by atoms with van der Waals surface area (Å²) in [5.41, 5.74) is 3.59. The van der Waals surface area contributed by atoms with E-state index in [1.807, 2.05) is 32.7 Å². The van der Waals surface area contributed by atoms with E-state index in [4.69, 9.17) is 4.74 Å². The van der Waals surface area contributed by atoms with Gasteiger partial charge in [-0.3, -0.25) is 0 Å². The molecule has 0 spiro atoms. The van der Waals surface area contributed by atoms with Crippen LogP contribution in [0.25, 0.3) is 0 Å². The van der Waals surface area contributed by atoms with Crippen LogP contribution in [-0.4, -0.2) is 35.8 Å². The highest BCUT2D eigenvalue weighted by atomic mass is 19.1. The number of halogens is 1. The lowest BCUT2D eigenvalue weighted by Gasteiger charge is -2.12. The summed E-state index contributed by atoms with van der Waals surface area (Å²) in [5, 5.41) is 0. The van der Waals surface area contributed by atoms with E-state index in [-0.39, 0.29) is 6.61 Å². The number of rotatable bonds is 6. The van der Waals surface area contributed by atoms with Gasteiger partial charge in [-0.15, -0.1) is 0 Å². The minimum atomic E-state index is -0.597. The average molecular weight is 343 g/mol. The lowest BCUT2D eigenvalue weighted by molar-refractivity contribution is 0.0471. The van der Waals surface area contributed by atoms with Crippen LogP contribution in [0.3, 0.4) is 0 Å². The number of aromatic nitrogens is 1. The van der Waals surface area contributed by atoms with Crippen LogP contribution in [0.15, 0.2) is 35.5 Å². The van der Waals surface area contributed by atoms with E-state index in [9.17, 15) is 9.18 Å². The molecule has 0 fully saturated rings. The van der Waals surface area contributed by atoms with Crippen molar-refractivity contribution in [3.63, 3.8) is 0 Å². The van der Waals surface area contributed by atoms with E-state index in [2.05, 4.69) is 9.98 Å². The van der Waals surface area contributed by atoms with Gasteiger partial charge in [-0.25, -0.2) is 14.8 Å². The van der Waals surface area contributed by atoms with Gasteiger partial charge in [0.05, 0.1) is 17.6 Å². The Morgan fingerprint density at radius 2 is 2.08 bits per heavy atom. The molecule has 0 radical (unpaired) electrons. The first-order valence-electron chi connectivity index (χ1n) is 8.04. The van der Waals surface area contributed by atoms with Gasteiger partial charge >= 0.3 is 5.97 Å².